The van der Waals surface area contributed by atoms with Gasteiger partial charge in [-0.2, -0.15) is 0 Å². The lowest BCUT2D eigenvalue weighted by Gasteiger charge is -2.09. The van der Waals surface area contributed by atoms with Crippen molar-refractivity contribution in [3.8, 4) is 11.5 Å². The number of hydrogen-bond acceptors (Lipinski definition) is 3. The van der Waals surface area contributed by atoms with E-state index in [0.29, 0.717) is 6.42 Å². The highest BCUT2D eigenvalue weighted by Crippen LogP contribution is 2.25. The van der Waals surface area contributed by atoms with E-state index in [4.69, 9.17) is 9.47 Å². The van der Waals surface area contributed by atoms with Gasteiger partial charge in [-0.25, -0.2) is 4.79 Å². The van der Waals surface area contributed by atoms with Crippen molar-refractivity contribution < 1.29 is 9.47 Å². The maximum atomic E-state index is 11.0. The first-order valence-corrected chi connectivity index (χ1v) is 5.20. The van der Waals surface area contributed by atoms with Crippen LogP contribution in [0.25, 0.3) is 0 Å². The quantitative estimate of drug-likeness (QED) is 0.838. The van der Waals surface area contributed by atoms with E-state index in [1.165, 1.54) is 0 Å². The Morgan fingerprint density at radius 3 is 2.65 bits per heavy atom. The molecule has 2 aromatic rings. The van der Waals surface area contributed by atoms with Gasteiger partial charge in [0.05, 0.1) is 14.2 Å². The number of H-pyrrole nitrogens is 2. The summed E-state index contributed by atoms with van der Waals surface area (Å²) in [5.41, 5.74) is 1.61. The van der Waals surface area contributed by atoms with E-state index in [2.05, 4.69) is 9.97 Å². The second kappa shape index (κ2) is 4.78. The first-order valence-electron chi connectivity index (χ1n) is 5.20. The Labute approximate surface area is 98.4 Å². The first kappa shape index (κ1) is 11.3. The summed E-state index contributed by atoms with van der Waals surface area (Å²) in [7, 11) is 3.22. The molecule has 0 radical (unpaired) electrons. The minimum absolute atomic E-state index is 0.201. The molecule has 0 saturated heterocycles. The van der Waals surface area contributed by atoms with Crippen molar-refractivity contribution in [3.05, 3.63) is 46.1 Å². The van der Waals surface area contributed by atoms with Crippen molar-refractivity contribution in [3.63, 3.8) is 0 Å². The summed E-state index contributed by atoms with van der Waals surface area (Å²) >= 11 is 0. The Hall–Kier alpha value is -2.17. The molecule has 90 valence electrons. The van der Waals surface area contributed by atoms with Crippen molar-refractivity contribution in [2.45, 2.75) is 6.42 Å². The highest BCUT2D eigenvalue weighted by Gasteiger charge is 2.07. The molecule has 2 rings (SSSR count). The Balaban J connectivity index is 2.29. The monoisotopic (exact) mass is 234 g/mol. The molecule has 17 heavy (non-hydrogen) atoms. The van der Waals surface area contributed by atoms with Gasteiger partial charge >= 0.3 is 5.69 Å². The number of ether oxygens (including phenoxy) is 2. The van der Waals surface area contributed by atoms with Crippen molar-refractivity contribution in [2.24, 2.45) is 0 Å². The van der Waals surface area contributed by atoms with Gasteiger partial charge in [-0.05, 0) is 6.07 Å². The molecule has 0 spiro atoms. The van der Waals surface area contributed by atoms with Crippen LogP contribution in [0.3, 0.4) is 0 Å². The summed E-state index contributed by atoms with van der Waals surface area (Å²) in [6.45, 7) is 0. The molecule has 1 heterocycles. The van der Waals surface area contributed by atoms with Crippen LogP contribution < -0.4 is 15.2 Å². The number of rotatable bonds is 4. The predicted molar refractivity (Wildman–Crippen MR) is 63.8 cm³/mol. The van der Waals surface area contributed by atoms with Crippen LogP contribution >= 0.6 is 0 Å². The molecular formula is C12H14N2O3. The number of aromatic nitrogens is 2. The third-order valence-corrected chi connectivity index (χ3v) is 2.53. The molecule has 0 aliphatic carbocycles. The standard InChI is InChI=1S/C12H14N2O3/c1-16-10-4-3-8(11(6-10)17-2)5-9-7-13-12(15)14-9/h3-4,6-7H,5H2,1-2H3,(H2,13,14,15). The van der Waals surface area contributed by atoms with E-state index in [1.807, 2.05) is 18.2 Å². The zero-order chi connectivity index (χ0) is 12.3. The Morgan fingerprint density at radius 2 is 2.06 bits per heavy atom. The number of methoxy groups -OCH3 is 2. The van der Waals surface area contributed by atoms with Gasteiger partial charge in [0.25, 0.3) is 0 Å². The van der Waals surface area contributed by atoms with Crippen LogP contribution in [0, 0.1) is 0 Å². The molecule has 5 nitrogen and oxygen atoms in total. The summed E-state index contributed by atoms with van der Waals surface area (Å²) in [6, 6.07) is 5.60. The Kier molecular flexibility index (Phi) is 3.18. The largest absolute Gasteiger partial charge is 0.497 e. The zero-order valence-electron chi connectivity index (χ0n) is 9.74. The molecule has 5 heteroatoms. The summed E-state index contributed by atoms with van der Waals surface area (Å²) in [6.07, 6.45) is 2.26. The molecule has 0 fully saturated rings. The Bertz CT molecular complexity index is 557. The molecular weight excluding hydrogens is 220 g/mol. The lowest BCUT2D eigenvalue weighted by atomic mass is 10.1. The maximum absolute atomic E-state index is 11.0. The number of aromatic amines is 2. The van der Waals surface area contributed by atoms with Crippen molar-refractivity contribution in [1.82, 2.24) is 9.97 Å². The molecule has 0 bridgehead atoms. The highest BCUT2D eigenvalue weighted by atomic mass is 16.5. The molecule has 0 aliphatic heterocycles. The number of imidazole rings is 1. The van der Waals surface area contributed by atoms with E-state index in [9.17, 15) is 4.79 Å². The van der Waals surface area contributed by atoms with Crippen LogP contribution in [0.4, 0.5) is 0 Å². The van der Waals surface area contributed by atoms with Crippen LogP contribution in [-0.2, 0) is 6.42 Å². The molecule has 1 aromatic carbocycles. The summed E-state index contributed by atoms with van der Waals surface area (Å²) in [5.74, 6) is 1.49. The van der Waals surface area contributed by atoms with Crippen LogP contribution in [0.5, 0.6) is 11.5 Å². The predicted octanol–water partition coefficient (Wildman–Crippen LogP) is 1.31. The van der Waals surface area contributed by atoms with Crippen molar-refractivity contribution >= 4 is 0 Å². The van der Waals surface area contributed by atoms with E-state index >= 15 is 0 Å². The minimum atomic E-state index is -0.201. The molecule has 2 N–H and O–H groups in total. The lowest BCUT2D eigenvalue weighted by molar-refractivity contribution is 0.391. The summed E-state index contributed by atoms with van der Waals surface area (Å²) in [5, 5.41) is 0. The molecule has 0 aliphatic rings. The van der Waals surface area contributed by atoms with Crippen LogP contribution in [0.1, 0.15) is 11.3 Å². The number of hydrogen-bond donors (Lipinski definition) is 2. The van der Waals surface area contributed by atoms with Gasteiger partial charge in [-0.1, -0.05) is 6.07 Å². The van der Waals surface area contributed by atoms with Crippen LogP contribution in [-0.4, -0.2) is 24.2 Å². The third kappa shape index (κ3) is 2.50. The normalized spacial score (nSPS) is 10.2. The fourth-order valence-electron chi connectivity index (χ4n) is 1.67. The molecule has 0 amide bonds. The maximum Gasteiger partial charge on any atom is 0.323 e. The SMILES string of the molecule is COc1ccc(Cc2c[nH]c(=O)[nH]2)c(OC)c1. The average Bonchev–Trinajstić information content (AvgIpc) is 2.75. The first-order chi connectivity index (χ1) is 8.22. The summed E-state index contributed by atoms with van der Waals surface area (Å²) < 4.78 is 10.4. The average molecular weight is 234 g/mol. The van der Waals surface area contributed by atoms with Gasteiger partial charge in [0.15, 0.2) is 0 Å². The van der Waals surface area contributed by atoms with Crippen molar-refractivity contribution in [2.75, 3.05) is 14.2 Å². The van der Waals surface area contributed by atoms with E-state index in [1.54, 1.807) is 20.4 Å². The van der Waals surface area contributed by atoms with Crippen LogP contribution in [0.2, 0.25) is 0 Å². The second-order valence-electron chi connectivity index (χ2n) is 3.62. The molecule has 0 saturated carbocycles. The third-order valence-electron chi connectivity index (χ3n) is 2.53. The topological polar surface area (TPSA) is 67.1 Å². The van der Waals surface area contributed by atoms with Gasteiger partial charge < -0.3 is 19.4 Å². The fourth-order valence-corrected chi connectivity index (χ4v) is 1.67. The molecule has 0 unspecified atom stereocenters. The number of nitrogens with one attached hydrogen (secondary N) is 2. The van der Waals surface area contributed by atoms with Crippen molar-refractivity contribution in [1.29, 1.82) is 0 Å². The highest BCUT2D eigenvalue weighted by molar-refractivity contribution is 5.42. The van der Waals surface area contributed by atoms with Crippen LogP contribution in [0.15, 0.2) is 29.2 Å². The number of benzene rings is 1. The van der Waals surface area contributed by atoms with Gasteiger partial charge in [0.2, 0.25) is 0 Å². The fraction of sp³-hybridized carbons (Fsp3) is 0.250. The smallest absolute Gasteiger partial charge is 0.323 e. The summed E-state index contributed by atoms with van der Waals surface area (Å²) in [4.78, 5) is 16.3. The van der Waals surface area contributed by atoms with E-state index in [-0.39, 0.29) is 5.69 Å². The van der Waals surface area contributed by atoms with Gasteiger partial charge in [-0.3, -0.25) is 0 Å². The lowest BCUT2D eigenvalue weighted by Crippen LogP contribution is -2.02. The minimum Gasteiger partial charge on any atom is -0.497 e. The molecule has 1 aromatic heterocycles. The van der Waals surface area contributed by atoms with Gasteiger partial charge in [0.1, 0.15) is 11.5 Å². The zero-order valence-corrected chi connectivity index (χ0v) is 9.74. The van der Waals surface area contributed by atoms with E-state index < -0.39 is 0 Å². The molecule has 0 atom stereocenters. The van der Waals surface area contributed by atoms with Gasteiger partial charge in [0, 0.05) is 29.9 Å². The Morgan fingerprint density at radius 1 is 1.24 bits per heavy atom. The van der Waals surface area contributed by atoms with E-state index in [0.717, 1.165) is 22.8 Å². The second-order valence-corrected chi connectivity index (χ2v) is 3.62. The van der Waals surface area contributed by atoms with Gasteiger partial charge in [-0.15, -0.1) is 0 Å².